The van der Waals surface area contributed by atoms with Crippen LogP contribution in [0.1, 0.15) is 163 Å². The summed E-state index contributed by atoms with van der Waals surface area (Å²) >= 11 is 0. The van der Waals surface area contributed by atoms with Gasteiger partial charge >= 0.3 is 17.9 Å². The molecule has 2 aliphatic rings. The topological polar surface area (TPSA) is 730 Å². The summed E-state index contributed by atoms with van der Waals surface area (Å²) in [5.41, 5.74) is 12.4. The van der Waals surface area contributed by atoms with Crippen LogP contribution >= 0.6 is 0 Å². The summed E-state index contributed by atoms with van der Waals surface area (Å²) in [7, 11) is 0. The highest BCUT2D eigenvalue weighted by Crippen LogP contribution is 2.23. The molecule has 0 aliphatic carbocycles. The fraction of sp³-hybridized carbons (Fsp3) is 0.593. The van der Waals surface area contributed by atoms with E-state index in [0.717, 1.165) is 16.7 Å². The third-order valence-electron chi connectivity index (χ3n) is 21.7. The van der Waals surface area contributed by atoms with Gasteiger partial charge in [-0.1, -0.05) is 84.0 Å². The Kier molecular flexibility index (Phi) is 45.2. The SMILES string of the molecule is CC(C)C[C@H](NC(=O)[C@H](Cc1ccc(O)cc1)NC(=O)CNC(=O)[C@H](Cc1cnc[nH]1)NC(=O)[C@@H]1CCCN1C(=O)[C@H](CCC(=O)O)NC(=O)[C@H](Cc1ccccc1)NC(=O)[C@H](C)NC(=O)[C@@H](N)CC(=O)O)C(=O)N[C@@H](CC(C)C)C(=O)N[C@H](C(=O)N[C@@H](C)C(=O)N[C@@H](C)C(=O)N[C@H](C(=O)N[C@@H](CO)C(=O)N1CCC[C@H]1C(=O)NCC(=O)N[C@@H](CCCCN)C(=O)O)C(C)C)[C@@H](C)O. The van der Waals surface area contributed by atoms with E-state index in [2.05, 4.69) is 89.7 Å². The highest BCUT2D eigenvalue weighted by Gasteiger charge is 2.44. The zero-order valence-corrected chi connectivity index (χ0v) is 76.1. The molecule has 3 aromatic rings. The summed E-state index contributed by atoms with van der Waals surface area (Å²) < 4.78 is 0. The highest BCUT2D eigenvalue weighted by atomic mass is 16.4. The van der Waals surface area contributed by atoms with Crippen LogP contribution in [0.25, 0.3) is 0 Å². The van der Waals surface area contributed by atoms with E-state index in [1.54, 1.807) is 71.9 Å². The van der Waals surface area contributed by atoms with Crippen LogP contribution < -0.4 is 91.2 Å². The molecule has 17 atom stereocenters. The molecule has 26 N–H and O–H groups in total. The minimum absolute atomic E-state index is 0.00388. The molecule has 47 nitrogen and oxygen atoms in total. The van der Waals surface area contributed by atoms with Crippen LogP contribution in [-0.2, 0) is 115 Å². The number of hydrogen-bond acceptors (Lipinski definition) is 26. The number of phenolic OH excluding ortho intramolecular Hbond substituents is 1. The van der Waals surface area contributed by atoms with E-state index >= 15 is 0 Å². The number of carboxylic acid groups (broad SMARTS) is 3. The Labute approximate surface area is 767 Å². The zero-order valence-electron chi connectivity index (χ0n) is 76.1. The van der Waals surface area contributed by atoms with Crippen molar-refractivity contribution in [1.82, 2.24) is 99.5 Å². The molecule has 2 aliphatic heterocycles. The van der Waals surface area contributed by atoms with Crippen LogP contribution in [0.4, 0.5) is 0 Å². The van der Waals surface area contributed by atoms with Crippen LogP contribution in [0, 0.1) is 17.8 Å². The number of nitrogens with zero attached hydrogens (tertiary/aromatic N) is 3. The molecule has 5 rings (SSSR count). The predicted octanol–water partition coefficient (Wildman–Crippen LogP) is -6.28. The molecule has 47 heteroatoms. The van der Waals surface area contributed by atoms with E-state index in [1.165, 1.54) is 57.6 Å². The van der Waals surface area contributed by atoms with Crippen molar-refractivity contribution < 1.29 is 127 Å². The molecule has 1 aromatic heterocycles. The second kappa shape index (κ2) is 54.5. The van der Waals surface area contributed by atoms with E-state index in [4.69, 9.17) is 16.6 Å². The molecule has 2 fully saturated rings. The third-order valence-corrected chi connectivity index (χ3v) is 21.7. The fourth-order valence-corrected chi connectivity index (χ4v) is 14.5. The lowest BCUT2D eigenvalue weighted by Crippen LogP contribution is -2.62. The maximum Gasteiger partial charge on any atom is 0.326 e. The molecule has 0 radical (unpaired) electrons. The standard InChI is InChI=1S/C86H129N21O26/c1-43(2)32-57(76(122)101-58(33-44(3)4)79(125)105-70(49(10)109)83(129)95-46(7)71(117)93-48(9)73(119)104-69(45(5)6)82(128)103-62(41-108)85(131)106-30-16-21-63(106)80(126)91-40-65(111)96-56(86(132)133)20-14-15-29-87)100-77(123)59(35-51-23-25-53(110)26-24-51)97-66(112)39-90-75(121)61(36-52-38-89-42-92-52)102-81(127)64-22-17-31-107(64)84(130)55(27-28-67(113)114)98-78(124)60(34-50-18-12-11-13-19-50)99-72(118)47(8)94-74(120)54(88)37-68(115)116/h11-13,18-19,23-26,38,42-49,54-64,69-70,108-110H,14-17,20-22,27-37,39-41,87-88H2,1-10H3,(H,89,92)(H,90,121)(H,91,126)(H,93,117)(H,94,120)(H,95,129)(H,96,111)(H,97,112)(H,98,124)(H,99,118)(H,100,123)(H,101,122)(H,102,127)(H,103,128)(H,104,119)(H,105,125)(H,113,114)(H,115,116)(H,132,133)/t46-,47-,48-,49+,54-,55-,56-,57-,58-,59-,60-,61-,62-,63-,64-,69-,70-/m0/s1. The number of benzene rings is 2. The molecule has 0 saturated carbocycles. The molecular weight excluding hydrogens is 1740 g/mol. The van der Waals surface area contributed by atoms with Crippen molar-refractivity contribution in [3.05, 3.63) is 83.9 Å². The first-order valence-corrected chi connectivity index (χ1v) is 44.0. The van der Waals surface area contributed by atoms with Crippen LogP contribution in [0.5, 0.6) is 5.75 Å². The van der Waals surface area contributed by atoms with Gasteiger partial charge < -0.3 is 137 Å². The van der Waals surface area contributed by atoms with Crippen molar-refractivity contribution in [3.8, 4) is 5.75 Å². The third kappa shape index (κ3) is 36.8. The Bertz CT molecular complexity index is 4520. The van der Waals surface area contributed by atoms with Crippen molar-refractivity contribution in [2.24, 2.45) is 29.2 Å². The van der Waals surface area contributed by atoms with E-state index < -0.39 is 266 Å². The number of aliphatic hydroxyl groups is 2. The van der Waals surface area contributed by atoms with Gasteiger partial charge in [0.1, 0.15) is 96.4 Å². The van der Waals surface area contributed by atoms with Gasteiger partial charge in [0.2, 0.25) is 100 Å². The molecule has 0 bridgehead atoms. The van der Waals surface area contributed by atoms with Crippen molar-refractivity contribution >= 4 is 118 Å². The van der Waals surface area contributed by atoms with E-state index in [0.29, 0.717) is 42.6 Å². The summed E-state index contributed by atoms with van der Waals surface area (Å²) in [6.07, 6.45) is -0.306. The Hall–Kier alpha value is -13.3. The lowest BCUT2D eigenvalue weighted by Gasteiger charge is -2.30. The largest absolute Gasteiger partial charge is 0.508 e. The van der Waals surface area contributed by atoms with Gasteiger partial charge in [-0.05, 0) is 139 Å². The second-order valence-corrected chi connectivity index (χ2v) is 34.1. The zero-order chi connectivity index (χ0) is 99.2. The molecule has 133 heavy (non-hydrogen) atoms. The number of phenols is 1. The number of hydrogen-bond donors (Lipinski definition) is 24. The summed E-state index contributed by atoms with van der Waals surface area (Å²) in [5, 5.41) is 97.1. The number of aliphatic hydroxyl groups excluding tert-OH is 2. The Morgan fingerprint density at radius 1 is 0.459 bits per heavy atom. The number of carbonyl (C=O) groups excluding carboxylic acids is 17. The number of aromatic nitrogens is 2. The van der Waals surface area contributed by atoms with Crippen LogP contribution in [0.2, 0.25) is 0 Å². The van der Waals surface area contributed by atoms with Gasteiger partial charge in [0.05, 0.1) is 44.6 Å². The quantitative estimate of drug-likeness (QED) is 0.0234. The first-order chi connectivity index (χ1) is 62.7. The fourth-order valence-electron chi connectivity index (χ4n) is 14.5. The minimum atomic E-state index is -1.82. The number of unbranched alkanes of at least 4 members (excludes halogenated alkanes) is 1. The van der Waals surface area contributed by atoms with Gasteiger partial charge in [0.25, 0.3) is 0 Å². The monoisotopic (exact) mass is 1870 g/mol. The number of imidazole rings is 1. The summed E-state index contributed by atoms with van der Waals surface area (Å²) in [5.74, 6) is -21.6. The summed E-state index contributed by atoms with van der Waals surface area (Å²) in [6.45, 7) is 12.6. The second-order valence-electron chi connectivity index (χ2n) is 34.1. The molecule has 734 valence electrons. The number of nitrogens with two attached hydrogens (primary N) is 2. The number of aromatic amines is 1. The lowest BCUT2D eigenvalue weighted by atomic mass is 9.98. The smallest absolute Gasteiger partial charge is 0.326 e. The number of aromatic hydroxyl groups is 1. The van der Waals surface area contributed by atoms with Crippen molar-refractivity contribution in [2.75, 3.05) is 39.3 Å². The number of likely N-dealkylation sites (tertiary alicyclic amines) is 2. The summed E-state index contributed by atoms with van der Waals surface area (Å²) in [6, 6.07) is -9.88. The average molecular weight is 1870 g/mol. The van der Waals surface area contributed by atoms with Gasteiger partial charge in [0.15, 0.2) is 0 Å². The number of carboxylic acids is 3. The molecule has 2 aromatic carbocycles. The number of nitrogens with one attached hydrogen (secondary N) is 16. The maximum atomic E-state index is 14.7. The van der Waals surface area contributed by atoms with E-state index in [1.807, 2.05) is 0 Å². The van der Waals surface area contributed by atoms with Gasteiger partial charge in [0, 0.05) is 50.7 Å². The number of rotatable bonds is 55. The molecule has 0 spiro atoms. The first-order valence-electron chi connectivity index (χ1n) is 44.0. The van der Waals surface area contributed by atoms with Crippen molar-refractivity contribution in [2.45, 2.75) is 268 Å². The van der Waals surface area contributed by atoms with Gasteiger partial charge in [-0.2, -0.15) is 0 Å². The Morgan fingerprint density at radius 2 is 0.910 bits per heavy atom. The molecular formula is C86H129N21O26. The number of carbonyl (C=O) groups is 20. The van der Waals surface area contributed by atoms with Gasteiger partial charge in [-0.25, -0.2) is 9.78 Å². The lowest BCUT2D eigenvalue weighted by molar-refractivity contribution is -0.143. The van der Waals surface area contributed by atoms with Gasteiger partial charge in [-0.15, -0.1) is 0 Å². The van der Waals surface area contributed by atoms with E-state index in [-0.39, 0.29) is 88.5 Å². The van der Waals surface area contributed by atoms with Crippen molar-refractivity contribution in [3.63, 3.8) is 0 Å². The molecule has 3 heterocycles. The van der Waals surface area contributed by atoms with Gasteiger partial charge in [-0.3, -0.25) is 91.1 Å². The number of aliphatic carboxylic acids is 3. The van der Waals surface area contributed by atoms with Crippen LogP contribution in [-0.4, -0.2) is 311 Å². The van der Waals surface area contributed by atoms with Crippen molar-refractivity contribution in [1.29, 1.82) is 0 Å². The van der Waals surface area contributed by atoms with Crippen LogP contribution in [0.3, 0.4) is 0 Å². The normalized spacial score (nSPS) is 16.9. The summed E-state index contributed by atoms with van der Waals surface area (Å²) in [4.78, 5) is 281. The highest BCUT2D eigenvalue weighted by molar-refractivity contribution is 6.02. The molecule has 2 saturated heterocycles. The van der Waals surface area contributed by atoms with E-state index in [9.17, 15) is 121 Å². The molecule has 17 amide bonds. The van der Waals surface area contributed by atoms with Crippen LogP contribution in [0.15, 0.2) is 67.1 Å². The maximum absolute atomic E-state index is 14.7. The average Bonchev–Trinajstić information content (AvgIpc) is 1.69. The minimum Gasteiger partial charge on any atom is -0.508 e. The number of H-pyrrole nitrogens is 1. The predicted molar refractivity (Wildman–Crippen MR) is 472 cm³/mol. The Morgan fingerprint density at radius 3 is 1.42 bits per heavy atom. The Balaban J connectivity index is 1.24. The molecule has 0 unspecified atom stereocenters. The number of amides is 17. The first kappa shape index (κ1) is 110.